The first-order valence-electron chi connectivity index (χ1n) is 3.91. The summed E-state index contributed by atoms with van der Waals surface area (Å²) in [7, 11) is 0. The van der Waals surface area contributed by atoms with Gasteiger partial charge < -0.3 is 4.74 Å². The van der Waals surface area contributed by atoms with E-state index in [4.69, 9.17) is 10.00 Å². The number of hydrogen-bond acceptors (Lipinski definition) is 2. The second kappa shape index (κ2) is 4.40. The minimum Gasteiger partial charge on any atom is -0.494 e. The maximum Gasteiger partial charge on any atom is 0.121 e. The number of nitrogens with zero attached hydrogens (tertiary/aromatic N) is 1. The Morgan fingerprint density at radius 3 is 3.08 bits per heavy atom. The molecule has 1 aromatic carbocycles. The summed E-state index contributed by atoms with van der Waals surface area (Å²) < 4.78 is 5.32. The van der Waals surface area contributed by atoms with Crippen LogP contribution >= 0.6 is 0 Å². The summed E-state index contributed by atoms with van der Waals surface area (Å²) >= 11 is 0. The summed E-state index contributed by atoms with van der Waals surface area (Å²) in [4.78, 5) is 0. The Balaban J connectivity index is 2.68. The molecule has 0 heterocycles. The second-order valence-corrected chi connectivity index (χ2v) is 2.42. The van der Waals surface area contributed by atoms with Crippen LogP contribution in [0.15, 0.2) is 18.2 Å². The third kappa shape index (κ3) is 2.28. The summed E-state index contributed by atoms with van der Waals surface area (Å²) in [6.07, 6.45) is 0.969. The van der Waals surface area contributed by atoms with Gasteiger partial charge in [-0.3, -0.25) is 0 Å². The van der Waals surface area contributed by atoms with Gasteiger partial charge in [-0.1, -0.05) is 6.92 Å². The predicted octanol–water partition coefficient (Wildman–Crippen LogP) is 2.15. The van der Waals surface area contributed by atoms with E-state index in [9.17, 15) is 0 Å². The smallest absolute Gasteiger partial charge is 0.121 e. The lowest BCUT2D eigenvalue weighted by molar-refractivity contribution is 0.317. The molecule has 61 valence electrons. The number of nitriles is 1. The molecule has 1 aromatic rings. The van der Waals surface area contributed by atoms with Crippen LogP contribution in [0.3, 0.4) is 0 Å². The molecule has 0 aliphatic carbocycles. The van der Waals surface area contributed by atoms with Gasteiger partial charge in [0.25, 0.3) is 0 Å². The Bertz CT molecular complexity index is 288. The van der Waals surface area contributed by atoms with Crippen LogP contribution in [0.1, 0.15) is 18.9 Å². The van der Waals surface area contributed by atoms with E-state index in [1.807, 2.05) is 13.0 Å². The molecule has 2 nitrogen and oxygen atoms in total. The van der Waals surface area contributed by atoms with Crippen molar-refractivity contribution in [3.8, 4) is 11.8 Å². The van der Waals surface area contributed by atoms with Crippen molar-refractivity contribution < 1.29 is 4.74 Å². The van der Waals surface area contributed by atoms with Crippen molar-refractivity contribution in [2.45, 2.75) is 13.3 Å². The van der Waals surface area contributed by atoms with Crippen molar-refractivity contribution in [1.29, 1.82) is 5.26 Å². The molecule has 0 aliphatic heterocycles. The quantitative estimate of drug-likeness (QED) is 0.678. The SMILES string of the molecule is CCCOc1c[c]cc(C#N)c1. The molecule has 0 saturated heterocycles. The zero-order valence-corrected chi connectivity index (χ0v) is 7.00. The predicted molar refractivity (Wildman–Crippen MR) is 45.8 cm³/mol. The molecule has 0 spiro atoms. The third-order valence-corrected chi connectivity index (χ3v) is 1.36. The van der Waals surface area contributed by atoms with E-state index in [0.717, 1.165) is 12.2 Å². The van der Waals surface area contributed by atoms with Gasteiger partial charge in [-0.05, 0) is 30.7 Å². The van der Waals surface area contributed by atoms with Gasteiger partial charge in [-0.2, -0.15) is 5.26 Å². The molecule has 0 atom stereocenters. The molecule has 0 aromatic heterocycles. The molecule has 0 bridgehead atoms. The topological polar surface area (TPSA) is 33.0 Å². The molecular formula is C10H10NO. The van der Waals surface area contributed by atoms with Crippen molar-refractivity contribution in [3.05, 3.63) is 29.8 Å². The minimum absolute atomic E-state index is 0.587. The fourth-order valence-electron chi connectivity index (χ4n) is 0.818. The van der Waals surface area contributed by atoms with E-state index in [1.165, 1.54) is 0 Å². The molecule has 0 fully saturated rings. The van der Waals surface area contributed by atoms with Crippen LogP contribution in [0.25, 0.3) is 0 Å². The van der Waals surface area contributed by atoms with Crippen LogP contribution in [-0.4, -0.2) is 6.61 Å². The average molecular weight is 160 g/mol. The number of ether oxygens (including phenoxy) is 1. The van der Waals surface area contributed by atoms with Crippen molar-refractivity contribution in [3.63, 3.8) is 0 Å². The van der Waals surface area contributed by atoms with Gasteiger partial charge in [-0.25, -0.2) is 0 Å². The van der Waals surface area contributed by atoms with Crippen molar-refractivity contribution in [1.82, 2.24) is 0 Å². The van der Waals surface area contributed by atoms with Crippen LogP contribution in [0, 0.1) is 17.4 Å². The lowest BCUT2D eigenvalue weighted by Gasteiger charge is -2.02. The van der Waals surface area contributed by atoms with Crippen molar-refractivity contribution in [2.24, 2.45) is 0 Å². The van der Waals surface area contributed by atoms with E-state index in [1.54, 1.807) is 18.2 Å². The highest BCUT2D eigenvalue weighted by molar-refractivity contribution is 5.35. The molecule has 1 rings (SSSR count). The second-order valence-electron chi connectivity index (χ2n) is 2.42. The van der Waals surface area contributed by atoms with E-state index in [2.05, 4.69) is 6.07 Å². The third-order valence-electron chi connectivity index (χ3n) is 1.36. The zero-order chi connectivity index (χ0) is 8.81. The first kappa shape index (κ1) is 8.61. The lowest BCUT2D eigenvalue weighted by atomic mass is 10.2. The molecular weight excluding hydrogens is 150 g/mol. The fourth-order valence-corrected chi connectivity index (χ4v) is 0.818. The monoisotopic (exact) mass is 160 g/mol. The first-order valence-corrected chi connectivity index (χ1v) is 3.91. The molecule has 0 unspecified atom stereocenters. The Morgan fingerprint density at radius 1 is 1.58 bits per heavy atom. The molecule has 0 N–H and O–H groups in total. The van der Waals surface area contributed by atoms with E-state index >= 15 is 0 Å². The number of hydrogen-bond donors (Lipinski definition) is 0. The van der Waals surface area contributed by atoms with E-state index < -0.39 is 0 Å². The average Bonchev–Trinajstić information content (AvgIpc) is 2.15. The number of rotatable bonds is 3. The van der Waals surface area contributed by atoms with Crippen molar-refractivity contribution in [2.75, 3.05) is 6.61 Å². The first-order chi connectivity index (χ1) is 5.86. The Hall–Kier alpha value is -1.49. The minimum atomic E-state index is 0.587. The summed E-state index contributed by atoms with van der Waals surface area (Å²) in [6, 6.07) is 9.96. The molecule has 0 aliphatic rings. The Kier molecular flexibility index (Phi) is 3.16. The van der Waals surface area contributed by atoms with Gasteiger partial charge in [0.2, 0.25) is 0 Å². The van der Waals surface area contributed by atoms with Gasteiger partial charge in [0, 0.05) is 0 Å². The standard InChI is InChI=1S/C10H10NO/c1-2-6-12-10-5-3-4-9(7-10)8-11/h4-5,7H,2,6H2,1H3. The highest BCUT2D eigenvalue weighted by Crippen LogP contribution is 2.11. The van der Waals surface area contributed by atoms with Gasteiger partial charge in [0.15, 0.2) is 0 Å². The summed E-state index contributed by atoms with van der Waals surface area (Å²) in [6.45, 7) is 2.72. The largest absolute Gasteiger partial charge is 0.494 e. The fraction of sp³-hybridized carbons (Fsp3) is 0.300. The summed E-state index contributed by atoms with van der Waals surface area (Å²) in [5.41, 5.74) is 0.587. The Morgan fingerprint density at radius 2 is 2.42 bits per heavy atom. The summed E-state index contributed by atoms with van der Waals surface area (Å²) in [5.74, 6) is 0.718. The highest BCUT2D eigenvalue weighted by Gasteiger charge is 1.94. The molecule has 0 amide bonds. The normalized spacial score (nSPS) is 9.00. The maximum absolute atomic E-state index is 8.56. The van der Waals surface area contributed by atoms with E-state index in [0.29, 0.717) is 12.2 Å². The van der Waals surface area contributed by atoms with Gasteiger partial charge in [0.05, 0.1) is 18.2 Å². The van der Waals surface area contributed by atoms with Crippen LogP contribution in [0.4, 0.5) is 0 Å². The zero-order valence-electron chi connectivity index (χ0n) is 7.00. The van der Waals surface area contributed by atoms with Crippen LogP contribution in [0.5, 0.6) is 5.75 Å². The van der Waals surface area contributed by atoms with Crippen molar-refractivity contribution >= 4 is 0 Å². The molecule has 1 radical (unpaired) electrons. The molecule has 12 heavy (non-hydrogen) atoms. The molecule has 0 saturated carbocycles. The maximum atomic E-state index is 8.56. The van der Waals surface area contributed by atoms with Gasteiger partial charge >= 0.3 is 0 Å². The van der Waals surface area contributed by atoms with Crippen LogP contribution in [0.2, 0.25) is 0 Å². The van der Waals surface area contributed by atoms with E-state index in [-0.39, 0.29) is 0 Å². The lowest BCUT2D eigenvalue weighted by Crippen LogP contribution is -1.94. The van der Waals surface area contributed by atoms with Gasteiger partial charge in [0.1, 0.15) is 5.75 Å². The Labute approximate surface area is 72.4 Å². The van der Waals surface area contributed by atoms with Gasteiger partial charge in [-0.15, -0.1) is 0 Å². The van der Waals surface area contributed by atoms with Crippen LogP contribution < -0.4 is 4.74 Å². The number of benzene rings is 1. The highest BCUT2D eigenvalue weighted by atomic mass is 16.5. The van der Waals surface area contributed by atoms with Crippen LogP contribution in [-0.2, 0) is 0 Å². The molecule has 2 heteroatoms. The summed E-state index contributed by atoms with van der Waals surface area (Å²) in [5, 5.41) is 8.56.